The molecular formula is C15H20N2O3. The minimum atomic E-state index is -1.06. The Morgan fingerprint density at radius 1 is 1.15 bits per heavy atom. The molecule has 1 amide bonds. The fourth-order valence-corrected chi connectivity index (χ4v) is 2.63. The maximum absolute atomic E-state index is 12.3. The third-order valence-corrected chi connectivity index (χ3v) is 3.79. The highest BCUT2D eigenvalue weighted by Crippen LogP contribution is 2.24. The van der Waals surface area contributed by atoms with Crippen molar-refractivity contribution < 1.29 is 14.7 Å². The number of pyridine rings is 1. The fourth-order valence-electron chi connectivity index (χ4n) is 2.63. The minimum absolute atomic E-state index is 0.0165. The van der Waals surface area contributed by atoms with Crippen molar-refractivity contribution >= 4 is 17.6 Å². The van der Waals surface area contributed by atoms with E-state index in [2.05, 4.69) is 10.3 Å². The van der Waals surface area contributed by atoms with Crippen LogP contribution in [0.3, 0.4) is 0 Å². The van der Waals surface area contributed by atoms with Crippen LogP contribution in [-0.2, 0) is 4.79 Å². The van der Waals surface area contributed by atoms with Crippen LogP contribution in [-0.4, -0.2) is 22.0 Å². The standard InChI is InChI=1S/C15H20N2O3/c18-14(11-6-4-2-1-3-5-7-11)17-13-10-16-9-8-12(13)15(19)20/h8-11H,1-7H2,(H,17,18)(H,19,20). The second kappa shape index (κ2) is 7.03. The summed E-state index contributed by atoms with van der Waals surface area (Å²) in [4.78, 5) is 27.3. The van der Waals surface area contributed by atoms with Gasteiger partial charge in [0.25, 0.3) is 0 Å². The number of nitrogens with zero attached hydrogens (tertiary/aromatic N) is 1. The van der Waals surface area contributed by atoms with E-state index in [-0.39, 0.29) is 23.1 Å². The molecule has 0 aliphatic heterocycles. The van der Waals surface area contributed by atoms with Crippen molar-refractivity contribution in [3.05, 3.63) is 24.0 Å². The maximum atomic E-state index is 12.3. The van der Waals surface area contributed by atoms with Gasteiger partial charge in [0.05, 0.1) is 17.4 Å². The van der Waals surface area contributed by atoms with Gasteiger partial charge in [-0.15, -0.1) is 0 Å². The summed E-state index contributed by atoms with van der Waals surface area (Å²) in [5, 5.41) is 11.8. The molecule has 0 bridgehead atoms. The Balaban J connectivity index is 2.05. The number of carboxylic acid groups (broad SMARTS) is 1. The minimum Gasteiger partial charge on any atom is -0.478 e. The molecule has 108 valence electrons. The third-order valence-electron chi connectivity index (χ3n) is 3.79. The zero-order valence-electron chi connectivity index (χ0n) is 11.5. The van der Waals surface area contributed by atoms with Crippen molar-refractivity contribution in [2.75, 3.05) is 5.32 Å². The normalized spacial score (nSPS) is 17.0. The summed E-state index contributed by atoms with van der Waals surface area (Å²) in [6.07, 6.45) is 10.3. The number of rotatable bonds is 3. The number of carboxylic acids is 1. The molecular weight excluding hydrogens is 256 g/mol. The Morgan fingerprint density at radius 2 is 1.80 bits per heavy atom. The van der Waals surface area contributed by atoms with Gasteiger partial charge in [-0.1, -0.05) is 32.1 Å². The first-order chi connectivity index (χ1) is 9.68. The SMILES string of the molecule is O=C(O)c1ccncc1NC(=O)C1CCCCCCC1. The maximum Gasteiger partial charge on any atom is 0.337 e. The molecule has 5 heteroatoms. The van der Waals surface area contributed by atoms with Crippen LogP contribution in [0.4, 0.5) is 5.69 Å². The number of aromatic nitrogens is 1. The van der Waals surface area contributed by atoms with E-state index < -0.39 is 5.97 Å². The first kappa shape index (κ1) is 14.5. The van der Waals surface area contributed by atoms with E-state index in [1.54, 1.807) is 0 Å². The third kappa shape index (κ3) is 3.79. The molecule has 0 atom stereocenters. The van der Waals surface area contributed by atoms with Crippen LogP contribution in [0.1, 0.15) is 55.3 Å². The molecule has 0 unspecified atom stereocenters. The van der Waals surface area contributed by atoms with Crippen LogP contribution in [0, 0.1) is 5.92 Å². The molecule has 1 fully saturated rings. The van der Waals surface area contributed by atoms with E-state index in [0.717, 1.165) is 25.7 Å². The number of carbonyl (C=O) groups is 2. The zero-order valence-corrected chi connectivity index (χ0v) is 11.5. The number of anilines is 1. The summed E-state index contributed by atoms with van der Waals surface area (Å²) >= 11 is 0. The fraction of sp³-hybridized carbons (Fsp3) is 0.533. The molecule has 1 saturated carbocycles. The summed E-state index contributed by atoms with van der Waals surface area (Å²) in [5.41, 5.74) is 0.367. The summed E-state index contributed by atoms with van der Waals surface area (Å²) in [6, 6.07) is 1.40. The predicted molar refractivity (Wildman–Crippen MR) is 75.6 cm³/mol. The van der Waals surface area contributed by atoms with E-state index in [4.69, 9.17) is 5.11 Å². The Labute approximate surface area is 118 Å². The van der Waals surface area contributed by atoms with Crippen LogP contribution in [0.5, 0.6) is 0 Å². The number of aromatic carboxylic acids is 1. The van der Waals surface area contributed by atoms with Crippen molar-refractivity contribution in [1.29, 1.82) is 0 Å². The molecule has 2 rings (SSSR count). The smallest absolute Gasteiger partial charge is 0.337 e. The molecule has 20 heavy (non-hydrogen) atoms. The number of carbonyl (C=O) groups excluding carboxylic acids is 1. The van der Waals surface area contributed by atoms with Gasteiger partial charge >= 0.3 is 5.97 Å². The van der Waals surface area contributed by atoms with Gasteiger partial charge < -0.3 is 10.4 Å². The van der Waals surface area contributed by atoms with E-state index in [0.29, 0.717) is 0 Å². The Hall–Kier alpha value is -1.91. The van der Waals surface area contributed by atoms with Crippen LogP contribution < -0.4 is 5.32 Å². The van der Waals surface area contributed by atoms with Crippen LogP contribution >= 0.6 is 0 Å². The molecule has 1 aromatic rings. The van der Waals surface area contributed by atoms with Gasteiger partial charge in [-0.2, -0.15) is 0 Å². The van der Waals surface area contributed by atoms with Gasteiger partial charge in [0.15, 0.2) is 0 Å². The second-order valence-electron chi connectivity index (χ2n) is 5.26. The highest BCUT2D eigenvalue weighted by molar-refractivity contribution is 6.00. The van der Waals surface area contributed by atoms with Crippen LogP contribution in [0.15, 0.2) is 18.5 Å². The monoisotopic (exact) mass is 276 g/mol. The molecule has 0 radical (unpaired) electrons. The van der Waals surface area contributed by atoms with E-state index >= 15 is 0 Å². The van der Waals surface area contributed by atoms with Gasteiger partial charge in [-0.3, -0.25) is 9.78 Å². The van der Waals surface area contributed by atoms with Gasteiger partial charge in [0.1, 0.15) is 0 Å². The quantitative estimate of drug-likeness (QED) is 0.889. The summed E-state index contributed by atoms with van der Waals surface area (Å²) in [7, 11) is 0. The molecule has 1 aliphatic carbocycles. The highest BCUT2D eigenvalue weighted by Gasteiger charge is 2.21. The lowest BCUT2D eigenvalue weighted by Crippen LogP contribution is -2.24. The number of hydrogen-bond donors (Lipinski definition) is 2. The average molecular weight is 276 g/mol. The van der Waals surface area contributed by atoms with Gasteiger partial charge in [0, 0.05) is 12.1 Å². The summed E-state index contributed by atoms with van der Waals surface area (Å²) < 4.78 is 0. The number of hydrogen-bond acceptors (Lipinski definition) is 3. The molecule has 1 aliphatic rings. The lowest BCUT2D eigenvalue weighted by Gasteiger charge is -2.19. The molecule has 1 aromatic heterocycles. The molecule has 0 spiro atoms. The van der Waals surface area contributed by atoms with Crippen LogP contribution in [0.25, 0.3) is 0 Å². The second-order valence-corrected chi connectivity index (χ2v) is 5.26. The highest BCUT2D eigenvalue weighted by atomic mass is 16.4. The van der Waals surface area contributed by atoms with Gasteiger partial charge in [0.2, 0.25) is 5.91 Å². The molecule has 1 heterocycles. The molecule has 5 nitrogen and oxygen atoms in total. The topological polar surface area (TPSA) is 79.3 Å². The molecule has 0 saturated heterocycles. The number of amides is 1. The predicted octanol–water partition coefficient (Wildman–Crippen LogP) is 3.08. The first-order valence-electron chi connectivity index (χ1n) is 7.16. The largest absolute Gasteiger partial charge is 0.478 e. The molecule has 2 N–H and O–H groups in total. The Kier molecular flexibility index (Phi) is 5.09. The van der Waals surface area contributed by atoms with Crippen molar-refractivity contribution in [3.8, 4) is 0 Å². The van der Waals surface area contributed by atoms with Crippen molar-refractivity contribution in [2.24, 2.45) is 5.92 Å². The van der Waals surface area contributed by atoms with Gasteiger partial charge in [-0.25, -0.2) is 4.79 Å². The average Bonchev–Trinajstić information content (AvgIpc) is 2.38. The van der Waals surface area contributed by atoms with E-state index in [9.17, 15) is 9.59 Å². The summed E-state index contributed by atoms with van der Waals surface area (Å²) in [5.74, 6) is -1.15. The van der Waals surface area contributed by atoms with Crippen molar-refractivity contribution in [3.63, 3.8) is 0 Å². The van der Waals surface area contributed by atoms with Crippen molar-refractivity contribution in [1.82, 2.24) is 4.98 Å². The summed E-state index contributed by atoms with van der Waals surface area (Å²) in [6.45, 7) is 0. The first-order valence-corrected chi connectivity index (χ1v) is 7.16. The zero-order chi connectivity index (χ0) is 14.4. The Morgan fingerprint density at radius 3 is 2.45 bits per heavy atom. The lowest BCUT2D eigenvalue weighted by atomic mass is 9.90. The van der Waals surface area contributed by atoms with Crippen LogP contribution in [0.2, 0.25) is 0 Å². The van der Waals surface area contributed by atoms with E-state index in [1.807, 2.05) is 0 Å². The molecule has 0 aromatic carbocycles. The van der Waals surface area contributed by atoms with Gasteiger partial charge in [-0.05, 0) is 18.9 Å². The van der Waals surface area contributed by atoms with Crippen molar-refractivity contribution in [2.45, 2.75) is 44.9 Å². The number of nitrogens with one attached hydrogen (secondary N) is 1. The Bertz CT molecular complexity index is 480. The lowest BCUT2D eigenvalue weighted by molar-refractivity contribution is -0.120. The van der Waals surface area contributed by atoms with E-state index in [1.165, 1.54) is 37.7 Å².